The topological polar surface area (TPSA) is 75.1 Å². The number of hydrogen-bond acceptors (Lipinski definition) is 4. The zero-order chi connectivity index (χ0) is 16.3. The predicted molar refractivity (Wildman–Crippen MR) is 86.8 cm³/mol. The van der Waals surface area contributed by atoms with Gasteiger partial charge in [0.05, 0.1) is 35.1 Å². The highest BCUT2D eigenvalue weighted by atomic mass is 16.3. The van der Waals surface area contributed by atoms with Crippen LogP contribution in [0.15, 0.2) is 18.2 Å². The zero-order valence-corrected chi connectivity index (χ0v) is 13.6. The lowest BCUT2D eigenvalue weighted by Crippen LogP contribution is -2.41. The second-order valence-corrected chi connectivity index (χ2v) is 5.75. The van der Waals surface area contributed by atoms with Gasteiger partial charge < -0.3 is 10.4 Å². The molecule has 1 heterocycles. The summed E-state index contributed by atoms with van der Waals surface area (Å²) in [6.07, 6.45) is 0.896. The minimum atomic E-state index is -0.237. The fraction of sp³-hybridized carbons (Fsp3) is 0.471. The first-order valence-electron chi connectivity index (χ1n) is 7.63. The van der Waals surface area contributed by atoms with Crippen LogP contribution in [-0.2, 0) is 0 Å². The summed E-state index contributed by atoms with van der Waals surface area (Å²) in [5.41, 5.74) is 3.77. The average Bonchev–Trinajstić information content (AvgIpc) is 2.52. The van der Waals surface area contributed by atoms with Gasteiger partial charge in [0, 0.05) is 5.56 Å². The lowest BCUT2D eigenvalue weighted by atomic mass is 9.99. The van der Waals surface area contributed by atoms with Crippen molar-refractivity contribution in [3.8, 4) is 0 Å². The van der Waals surface area contributed by atoms with Crippen LogP contribution < -0.4 is 5.32 Å². The molecule has 5 heteroatoms. The zero-order valence-electron chi connectivity index (χ0n) is 13.6. The van der Waals surface area contributed by atoms with E-state index in [4.69, 9.17) is 0 Å². The van der Waals surface area contributed by atoms with E-state index in [1.54, 1.807) is 18.2 Å². The molecule has 0 spiro atoms. The third kappa shape index (κ3) is 3.42. The predicted octanol–water partition coefficient (Wildman–Crippen LogP) is 2.38. The number of rotatable bonds is 5. The van der Waals surface area contributed by atoms with Crippen LogP contribution in [0.3, 0.4) is 0 Å². The number of carbonyl (C=O) groups excluding carboxylic acids is 1. The number of aliphatic hydroxyl groups is 1. The van der Waals surface area contributed by atoms with Crippen molar-refractivity contribution in [2.75, 3.05) is 6.61 Å². The molecular formula is C17H23N3O2. The van der Waals surface area contributed by atoms with Gasteiger partial charge in [0.15, 0.2) is 0 Å². The quantitative estimate of drug-likeness (QED) is 0.889. The second-order valence-electron chi connectivity index (χ2n) is 5.75. The molecule has 0 aliphatic heterocycles. The second kappa shape index (κ2) is 6.83. The Morgan fingerprint density at radius 2 is 1.86 bits per heavy atom. The van der Waals surface area contributed by atoms with Crippen LogP contribution in [0.2, 0.25) is 0 Å². The van der Waals surface area contributed by atoms with Gasteiger partial charge in [-0.15, -0.1) is 0 Å². The summed E-state index contributed by atoms with van der Waals surface area (Å²) in [6.45, 7) is 7.81. The lowest BCUT2D eigenvalue weighted by Gasteiger charge is -2.22. The molecular weight excluding hydrogens is 278 g/mol. The van der Waals surface area contributed by atoms with Crippen molar-refractivity contribution in [1.29, 1.82) is 0 Å². The monoisotopic (exact) mass is 301 g/mol. The normalized spacial score (nSPS) is 13.9. The Hall–Kier alpha value is -2.01. The number of aliphatic hydroxyl groups excluding tert-OH is 1. The molecule has 22 heavy (non-hydrogen) atoms. The third-order valence-electron chi connectivity index (χ3n) is 4.18. The molecule has 0 saturated heterocycles. The summed E-state index contributed by atoms with van der Waals surface area (Å²) in [5, 5.41) is 12.3. The van der Waals surface area contributed by atoms with Crippen molar-refractivity contribution in [1.82, 2.24) is 15.3 Å². The highest BCUT2D eigenvalue weighted by molar-refractivity contribution is 5.97. The van der Waals surface area contributed by atoms with Crippen molar-refractivity contribution in [3.05, 3.63) is 35.2 Å². The first-order chi connectivity index (χ1) is 10.5. The van der Waals surface area contributed by atoms with Crippen molar-refractivity contribution in [2.24, 2.45) is 5.92 Å². The highest BCUT2D eigenvalue weighted by Crippen LogP contribution is 2.15. The van der Waals surface area contributed by atoms with Crippen molar-refractivity contribution >= 4 is 16.9 Å². The summed E-state index contributed by atoms with van der Waals surface area (Å²) < 4.78 is 0. The number of aromatic nitrogens is 2. The van der Waals surface area contributed by atoms with Gasteiger partial charge in [0.25, 0.3) is 5.91 Å². The van der Waals surface area contributed by atoms with Crippen LogP contribution >= 0.6 is 0 Å². The van der Waals surface area contributed by atoms with E-state index in [0.717, 1.165) is 23.3 Å². The SMILES string of the molecule is CC[C@H](C)[C@@H](CO)NC(=O)c1ccc2nc(C)c(C)nc2c1. The van der Waals surface area contributed by atoms with Crippen LogP contribution in [0.4, 0.5) is 0 Å². The van der Waals surface area contributed by atoms with E-state index >= 15 is 0 Å². The summed E-state index contributed by atoms with van der Waals surface area (Å²) >= 11 is 0. The average molecular weight is 301 g/mol. The minimum Gasteiger partial charge on any atom is -0.394 e. The summed E-state index contributed by atoms with van der Waals surface area (Å²) in [4.78, 5) is 21.3. The number of carbonyl (C=O) groups is 1. The number of amides is 1. The maximum Gasteiger partial charge on any atom is 0.251 e. The van der Waals surface area contributed by atoms with E-state index in [9.17, 15) is 9.90 Å². The summed E-state index contributed by atoms with van der Waals surface area (Å²) in [5.74, 6) is 0.0281. The van der Waals surface area contributed by atoms with Gasteiger partial charge in [-0.1, -0.05) is 20.3 Å². The minimum absolute atomic E-state index is 0.0631. The number of nitrogens with one attached hydrogen (secondary N) is 1. The molecule has 2 N–H and O–H groups in total. The van der Waals surface area contributed by atoms with Gasteiger partial charge >= 0.3 is 0 Å². The number of nitrogens with zero attached hydrogens (tertiary/aromatic N) is 2. The largest absolute Gasteiger partial charge is 0.394 e. The third-order valence-corrected chi connectivity index (χ3v) is 4.18. The summed E-state index contributed by atoms with van der Waals surface area (Å²) in [6, 6.07) is 5.06. The molecule has 0 saturated carbocycles. The van der Waals surface area contributed by atoms with Crippen molar-refractivity contribution in [3.63, 3.8) is 0 Å². The van der Waals surface area contributed by atoms with Crippen LogP contribution in [0.25, 0.3) is 11.0 Å². The number of aryl methyl sites for hydroxylation is 2. The highest BCUT2D eigenvalue weighted by Gasteiger charge is 2.18. The fourth-order valence-corrected chi connectivity index (χ4v) is 2.28. The number of fused-ring (bicyclic) bond motifs is 1. The number of benzene rings is 1. The Kier molecular flexibility index (Phi) is 5.08. The standard InChI is InChI=1S/C17H23N3O2/c1-5-10(2)16(9-21)20-17(22)13-6-7-14-15(8-13)19-12(4)11(3)18-14/h6-8,10,16,21H,5,9H2,1-4H3,(H,20,22)/t10-,16+/m0/s1. The van der Waals surface area contributed by atoms with E-state index in [1.807, 2.05) is 27.7 Å². The number of hydrogen-bond donors (Lipinski definition) is 2. The Bertz CT molecular complexity index is 685. The Balaban J connectivity index is 2.26. The molecule has 2 aromatic rings. The smallest absolute Gasteiger partial charge is 0.251 e. The van der Waals surface area contributed by atoms with Gasteiger partial charge in [-0.25, -0.2) is 9.97 Å². The first-order valence-corrected chi connectivity index (χ1v) is 7.63. The molecule has 5 nitrogen and oxygen atoms in total. The van der Waals surface area contributed by atoms with Crippen LogP contribution in [0, 0.1) is 19.8 Å². The van der Waals surface area contributed by atoms with E-state index in [-0.39, 0.29) is 24.5 Å². The molecule has 1 aromatic heterocycles. The van der Waals surface area contributed by atoms with Crippen molar-refractivity contribution in [2.45, 2.75) is 40.2 Å². The maximum absolute atomic E-state index is 12.4. The Morgan fingerprint density at radius 3 is 2.45 bits per heavy atom. The Morgan fingerprint density at radius 1 is 1.23 bits per heavy atom. The summed E-state index contributed by atoms with van der Waals surface area (Å²) in [7, 11) is 0. The van der Waals surface area contributed by atoms with E-state index in [2.05, 4.69) is 15.3 Å². The van der Waals surface area contributed by atoms with Crippen molar-refractivity contribution < 1.29 is 9.90 Å². The molecule has 0 aliphatic rings. The molecule has 2 rings (SSSR count). The fourth-order valence-electron chi connectivity index (χ4n) is 2.28. The van der Waals surface area contributed by atoms with Gasteiger partial charge in [0.1, 0.15) is 0 Å². The van der Waals surface area contributed by atoms with E-state index in [1.165, 1.54) is 0 Å². The molecule has 0 fully saturated rings. The van der Waals surface area contributed by atoms with Crippen LogP contribution in [0.5, 0.6) is 0 Å². The first kappa shape index (κ1) is 16.4. The molecule has 0 unspecified atom stereocenters. The van der Waals surface area contributed by atoms with Gasteiger partial charge in [-0.05, 0) is 38.0 Å². The molecule has 0 bridgehead atoms. The maximum atomic E-state index is 12.4. The molecule has 1 aromatic carbocycles. The van der Waals surface area contributed by atoms with Gasteiger partial charge in [-0.3, -0.25) is 4.79 Å². The molecule has 118 valence electrons. The van der Waals surface area contributed by atoms with E-state index < -0.39 is 0 Å². The van der Waals surface area contributed by atoms with Gasteiger partial charge in [-0.2, -0.15) is 0 Å². The Labute approximate surface area is 130 Å². The molecule has 2 atom stereocenters. The molecule has 0 radical (unpaired) electrons. The van der Waals surface area contributed by atoms with Crippen LogP contribution in [-0.4, -0.2) is 33.6 Å². The lowest BCUT2D eigenvalue weighted by molar-refractivity contribution is 0.0891. The molecule has 0 aliphatic carbocycles. The van der Waals surface area contributed by atoms with Crippen LogP contribution in [0.1, 0.15) is 42.0 Å². The van der Waals surface area contributed by atoms with Gasteiger partial charge in [0.2, 0.25) is 0 Å². The van der Waals surface area contributed by atoms with E-state index in [0.29, 0.717) is 11.1 Å². The molecule has 1 amide bonds.